The molecule has 0 bridgehead atoms. The van der Waals surface area contributed by atoms with Crippen LogP contribution in [0.4, 0.5) is 13.2 Å². The van der Waals surface area contributed by atoms with Crippen molar-refractivity contribution in [3.05, 3.63) is 0 Å². The Morgan fingerprint density at radius 2 is 2.27 bits per heavy atom. The van der Waals surface area contributed by atoms with Crippen molar-refractivity contribution in [1.82, 2.24) is 5.32 Å². The Kier molecular flexibility index (Phi) is 2.31. The van der Waals surface area contributed by atoms with E-state index in [1.807, 2.05) is 0 Å². The van der Waals surface area contributed by atoms with Crippen LogP contribution in [0.5, 0.6) is 0 Å². The van der Waals surface area contributed by atoms with Crippen molar-refractivity contribution in [2.75, 3.05) is 5.75 Å². The van der Waals surface area contributed by atoms with Crippen LogP contribution in [-0.2, 0) is 4.79 Å². The molecule has 1 N–H and O–H groups in total. The summed E-state index contributed by atoms with van der Waals surface area (Å²) >= 11 is 0.997. The summed E-state index contributed by atoms with van der Waals surface area (Å²) < 4.78 is 35.0. The number of rotatable bonds is 1. The number of halogens is 3. The lowest BCUT2D eigenvalue weighted by Crippen LogP contribution is -2.29. The van der Waals surface area contributed by atoms with Gasteiger partial charge in [0.25, 0.3) is 0 Å². The molecule has 1 heterocycles. The minimum absolute atomic E-state index is 0.140. The summed E-state index contributed by atoms with van der Waals surface area (Å²) in [5.74, 6) is -0.176. The fourth-order valence-electron chi connectivity index (χ4n) is 0.759. The lowest BCUT2D eigenvalue weighted by molar-refractivity contribution is -0.136. The normalized spacial score (nSPS) is 25.4. The SMILES string of the molecule is O=C1CSC(CC(F)(F)F)N1. The summed E-state index contributed by atoms with van der Waals surface area (Å²) in [5.41, 5.74) is 0. The van der Waals surface area contributed by atoms with Gasteiger partial charge in [0.1, 0.15) is 0 Å². The van der Waals surface area contributed by atoms with Crippen LogP contribution in [0, 0.1) is 0 Å². The predicted octanol–water partition coefficient (Wildman–Crippen LogP) is 1.13. The standard InChI is InChI=1S/C5H6F3NOS/c6-5(7,8)1-4-9-3(10)2-11-4/h4H,1-2H2,(H,9,10). The molecular formula is C5H6F3NOS. The summed E-state index contributed by atoms with van der Waals surface area (Å²) in [6.45, 7) is 0. The van der Waals surface area contributed by atoms with Crippen LogP contribution in [0.2, 0.25) is 0 Å². The Morgan fingerprint density at radius 1 is 1.64 bits per heavy atom. The third kappa shape index (κ3) is 3.00. The third-order valence-electron chi connectivity index (χ3n) is 1.15. The van der Waals surface area contributed by atoms with Gasteiger partial charge in [-0.3, -0.25) is 4.79 Å². The van der Waals surface area contributed by atoms with Crippen molar-refractivity contribution in [3.63, 3.8) is 0 Å². The van der Waals surface area contributed by atoms with E-state index in [4.69, 9.17) is 0 Å². The second-order valence-corrected chi connectivity index (χ2v) is 3.38. The minimum Gasteiger partial charge on any atom is -0.343 e. The average Bonchev–Trinajstić information content (AvgIpc) is 2.10. The van der Waals surface area contributed by atoms with Gasteiger partial charge in [0.2, 0.25) is 5.91 Å². The Hall–Kier alpha value is -0.390. The molecule has 1 atom stereocenters. The molecule has 1 aliphatic rings. The number of nitrogens with one attached hydrogen (secondary N) is 1. The summed E-state index contributed by atoms with van der Waals surface area (Å²) in [6.07, 6.45) is -5.13. The number of hydrogen-bond acceptors (Lipinski definition) is 2. The van der Waals surface area contributed by atoms with Crippen LogP contribution in [0.1, 0.15) is 6.42 Å². The second kappa shape index (κ2) is 2.92. The maximum Gasteiger partial charge on any atom is 0.391 e. The van der Waals surface area contributed by atoms with Crippen LogP contribution in [0.25, 0.3) is 0 Å². The maximum absolute atomic E-state index is 11.7. The first kappa shape index (κ1) is 8.70. The average molecular weight is 185 g/mol. The van der Waals surface area contributed by atoms with E-state index in [0.29, 0.717) is 0 Å². The zero-order chi connectivity index (χ0) is 8.48. The molecule has 1 amide bonds. The highest BCUT2D eigenvalue weighted by molar-refractivity contribution is 8.01. The number of amides is 1. The molecular weight excluding hydrogens is 179 g/mol. The van der Waals surface area contributed by atoms with Crippen LogP contribution >= 0.6 is 11.8 Å². The number of hydrogen-bond donors (Lipinski definition) is 1. The maximum atomic E-state index is 11.7. The molecule has 1 rings (SSSR count). The van der Waals surface area contributed by atoms with Gasteiger partial charge in [-0.15, -0.1) is 11.8 Å². The van der Waals surface area contributed by atoms with Crippen molar-refractivity contribution in [1.29, 1.82) is 0 Å². The Bertz CT molecular complexity index is 170. The Labute approximate surface area is 65.5 Å². The van der Waals surface area contributed by atoms with Gasteiger partial charge >= 0.3 is 6.18 Å². The first-order valence-corrected chi connectivity index (χ1v) is 4.00. The van der Waals surface area contributed by atoms with E-state index < -0.39 is 18.0 Å². The molecule has 0 radical (unpaired) electrons. The molecule has 11 heavy (non-hydrogen) atoms. The van der Waals surface area contributed by atoms with E-state index in [1.165, 1.54) is 0 Å². The van der Waals surface area contributed by atoms with E-state index in [1.54, 1.807) is 0 Å². The molecule has 0 aromatic rings. The van der Waals surface area contributed by atoms with Gasteiger partial charge < -0.3 is 5.32 Å². The molecule has 0 aromatic heterocycles. The van der Waals surface area contributed by atoms with Crippen LogP contribution in [0.15, 0.2) is 0 Å². The number of carbonyl (C=O) groups is 1. The van der Waals surface area contributed by atoms with Crippen molar-refractivity contribution in [2.45, 2.75) is 18.0 Å². The predicted molar refractivity (Wildman–Crippen MR) is 35.1 cm³/mol. The molecule has 0 spiro atoms. The second-order valence-electron chi connectivity index (χ2n) is 2.19. The molecule has 1 unspecified atom stereocenters. The molecule has 1 saturated heterocycles. The van der Waals surface area contributed by atoms with Crippen LogP contribution in [0.3, 0.4) is 0 Å². The van der Waals surface area contributed by atoms with Gasteiger partial charge in [-0.05, 0) is 0 Å². The van der Waals surface area contributed by atoms with Gasteiger partial charge in [0.05, 0.1) is 17.5 Å². The minimum atomic E-state index is -4.19. The quantitative estimate of drug-likeness (QED) is 0.663. The molecule has 2 nitrogen and oxygen atoms in total. The van der Waals surface area contributed by atoms with E-state index >= 15 is 0 Å². The summed E-state index contributed by atoms with van der Waals surface area (Å²) in [5, 5.41) is 1.44. The lowest BCUT2D eigenvalue weighted by Gasteiger charge is -2.11. The van der Waals surface area contributed by atoms with E-state index in [9.17, 15) is 18.0 Å². The molecule has 0 aliphatic carbocycles. The molecule has 6 heteroatoms. The van der Waals surface area contributed by atoms with Crippen molar-refractivity contribution in [3.8, 4) is 0 Å². The first-order chi connectivity index (χ1) is 4.97. The zero-order valence-corrected chi connectivity index (χ0v) is 6.26. The number of carbonyl (C=O) groups excluding carboxylic acids is 1. The van der Waals surface area contributed by atoms with E-state index in [-0.39, 0.29) is 11.7 Å². The van der Waals surface area contributed by atoms with E-state index in [2.05, 4.69) is 5.32 Å². The summed E-state index contributed by atoms with van der Waals surface area (Å²) in [7, 11) is 0. The van der Waals surface area contributed by atoms with Gasteiger partial charge in [-0.2, -0.15) is 13.2 Å². The Morgan fingerprint density at radius 3 is 2.64 bits per heavy atom. The highest BCUT2D eigenvalue weighted by Crippen LogP contribution is 2.28. The molecule has 64 valence electrons. The lowest BCUT2D eigenvalue weighted by atomic mass is 10.4. The fourth-order valence-corrected chi connectivity index (χ4v) is 1.72. The van der Waals surface area contributed by atoms with E-state index in [0.717, 1.165) is 11.8 Å². The zero-order valence-electron chi connectivity index (χ0n) is 5.44. The van der Waals surface area contributed by atoms with Crippen LogP contribution in [-0.4, -0.2) is 23.2 Å². The third-order valence-corrected chi connectivity index (χ3v) is 2.27. The number of alkyl halides is 3. The molecule has 0 aromatic carbocycles. The Balaban J connectivity index is 2.34. The van der Waals surface area contributed by atoms with Crippen molar-refractivity contribution < 1.29 is 18.0 Å². The highest BCUT2D eigenvalue weighted by atomic mass is 32.2. The van der Waals surface area contributed by atoms with Crippen molar-refractivity contribution >= 4 is 17.7 Å². The van der Waals surface area contributed by atoms with Crippen LogP contribution < -0.4 is 5.32 Å². The monoisotopic (exact) mass is 185 g/mol. The topological polar surface area (TPSA) is 29.1 Å². The van der Waals surface area contributed by atoms with Gasteiger partial charge in [-0.25, -0.2) is 0 Å². The smallest absolute Gasteiger partial charge is 0.343 e. The first-order valence-electron chi connectivity index (χ1n) is 2.95. The molecule has 1 aliphatic heterocycles. The summed E-state index contributed by atoms with van der Waals surface area (Å²) in [4.78, 5) is 10.4. The van der Waals surface area contributed by atoms with Gasteiger partial charge in [0, 0.05) is 0 Å². The highest BCUT2D eigenvalue weighted by Gasteiger charge is 2.35. The molecule has 0 saturated carbocycles. The van der Waals surface area contributed by atoms with Gasteiger partial charge in [0.15, 0.2) is 0 Å². The fraction of sp³-hybridized carbons (Fsp3) is 0.800. The summed E-state index contributed by atoms with van der Waals surface area (Å²) in [6, 6.07) is 0. The number of thioether (sulfide) groups is 1. The largest absolute Gasteiger partial charge is 0.391 e. The molecule has 1 fully saturated rings. The van der Waals surface area contributed by atoms with Gasteiger partial charge in [-0.1, -0.05) is 0 Å². The van der Waals surface area contributed by atoms with Crippen molar-refractivity contribution in [2.24, 2.45) is 0 Å².